The smallest absolute Gasteiger partial charge is 0.372 e. The lowest BCUT2D eigenvalue weighted by atomic mass is 10.0. The summed E-state index contributed by atoms with van der Waals surface area (Å²) >= 11 is 6.01. The van der Waals surface area contributed by atoms with E-state index in [2.05, 4.69) is 10.6 Å². The quantitative estimate of drug-likeness (QED) is 0.536. The van der Waals surface area contributed by atoms with E-state index in [0.29, 0.717) is 30.6 Å². The van der Waals surface area contributed by atoms with Gasteiger partial charge in [0.05, 0.1) is 22.0 Å². The first-order valence-electron chi connectivity index (χ1n) is 10.4. The minimum atomic E-state index is -4.52. The molecule has 0 spiro atoms. The molecule has 0 saturated carbocycles. The Bertz CT molecular complexity index is 1040. The summed E-state index contributed by atoms with van der Waals surface area (Å²) in [6, 6.07) is 8.39. The molecule has 3 amide bonds. The van der Waals surface area contributed by atoms with Crippen molar-refractivity contribution in [3.8, 4) is 0 Å². The highest BCUT2D eigenvalue weighted by Crippen LogP contribution is 2.34. The van der Waals surface area contributed by atoms with Crippen molar-refractivity contribution in [2.75, 3.05) is 15.5 Å². The number of piperidine rings is 1. The van der Waals surface area contributed by atoms with E-state index in [1.807, 2.05) is 0 Å². The first-order valence-corrected chi connectivity index (χ1v) is 10.7. The first-order chi connectivity index (χ1) is 15.5. The molecule has 0 radical (unpaired) electrons. The fourth-order valence-electron chi connectivity index (χ4n) is 3.47. The van der Waals surface area contributed by atoms with E-state index in [1.165, 1.54) is 6.07 Å². The number of carbonyl (C=O) groups excluding carboxylic acids is 3. The largest absolute Gasteiger partial charge is 0.416 e. The van der Waals surface area contributed by atoms with Gasteiger partial charge in [-0.2, -0.15) is 13.2 Å². The van der Waals surface area contributed by atoms with Crippen LogP contribution in [0.25, 0.3) is 0 Å². The van der Waals surface area contributed by atoms with Crippen LogP contribution in [0.2, 0.25) is 5.02 Å². The second kappa shape index (κ2) is 9.82. The van der Waals surface area contributed by atoms with E-state index in [9.17, 15) is 27.6 Å². The van der Waals surface area contributed by atoms with Crippen LogP contribution in [0.1, 0.15) is 38.7 Å². The molecule has 2 N–H and O–H groups in total. The van der Waals surface area contributed by atoms with Crippen molar-refractivity contribution in [2.45, 2.75) is 45.3 Å². The molecule has 1 heterocycles. The molecule has 1 aliphatic rings. The van der Waals surface area contributed by atoms with Crippen molar-refractivity contribution < 1.29 is 27.6 Å². The number of alkyl halides is 3. The monoisotopic (exact) mass is 481 g/mol. The number of rotatable bonds is 6. The lowest BCUT2D eigenvalue weighted by molar-refractivity contribution is -0.137. The van der Waals surface area contributed by atoms with Crippen molar-refractivity contribution in [3.63, 3.8) is 0 Å². The van der Waals surface area contributed by atoms with Gasteiger partial charge in [0.1, 0.15) is 6.04 Å². The first kappa shape index (κ1) is 24.6. The van der Waals surface area contributed by atoms with E-state index in [0.717, 1.165) is 17.0 Å². The maximum atomic E-state index is 12.9. The number of halogens is 4. The number of hydrogen-bond acceptors (Lipinski definition) is 4. The van der Waals surface area contributed by atoms with Crippen LogP contribution in [-0.4, -0.2) is 23.8 Å². The molecule has 1 atom stereocenters. The van der Waals surface area contributed by atoms with E-state index >= 15 is 0 Å². The van der Waals surface area contributed by atoms with Crippen molar-refractivity contribution >= 4 is 46.4 Å². The molecule has 0 aliphatic carbocycles. The standard InChI is InChI=1S/C23H23ClF3N3O3/c1-13(2)21(29-18-11-6-14(12-17(18)24)23(25,26)27)22(33)28-15-7-9-16(10-8-15)30-19(31)4-3-5-20(30)32/h6-13,21,29H,3-5H2,1-2H3,(H,28,33)/t21-/m0/s1. The summed E-state index contributed by atoms with van der Waals surface area (Å²) in [4.78, 5) is 38.1. The second-order valence-electron chi connectivity index (χ2n) is 8.07. The number of hydrogen-bond donors (Lipinski definition) is 2. The lowest BCUT2D eigenvalue weighted by Gasteiger charge is -2.25. The molecule has 1 aliphatic heterocycles. The van der Waals surface area contributed by atoms with Crippen LogP contribution in [0.4, 0.5) is 30.2 Å². The minimum absolute atomic E-state index is 0.150. The topological polar surface area (TPSA) is 78.5 Å². The minimum Gasteiger partial charge on any atom is -0.372 e. The molecule has 10 heteroatoms. The van der Waals surface area contributed by atoms with E-state index < -0.39 is 23.7 Å². The SMILES string of the molecule is CC(C)[C@H](Nc1ccc(C(F)(F)F)cc1Cl)C(=O)Nc1ccc(N2C(=O)CCCC2=O)cc1. The Hall–Kier alpha value is -3.07. The zero-order valence-electron chi connectivity index (χ0n) is 18.0. The van der Waals surface area contributed by atoms with Crippen molar-refractivity contribution in [1.82, 2.24) is 0 Å². The molecule has 2 aromatic carbocycles. The summed E-state index contributed by atoms with van der Waals surface area (Å²) in [7, 11) is 0. The molecule has 0 bridgehead atoms. The molecule has 176 valence electrons. The Kier molecular flexibility index (Phi) is 7.31. The maximum absolute atomic E-state index is 12.9. The summed E-state index contributed by atoms with van der Waals surface area (Å²) in [5.41, 5.74) is 0.190. The molecule has 0 aromatic heterocycles. The van der Waals surface area contributed by atoms with Gasteiger partial charge in [-0.05, 0) is 54.8 Å². The van der Waals surface area contributed by atoms with Crippen LogP contribution < -0.4 is 15.5 Å². The van der Waals surface area contributed by atoms with Crippen molar-refractivity contribution in [2.24, 2.45) is 5.92 Å². The van der Waals surface area contributed by atoms with Gasteiger partial charge in [-0.15, -0.1) is 0 Å². The molecule has 1 saturated heterocycles. The fourth-order valence-corrected chi connectivity index (χ4v) is 3.70. The van der Waals surface area contributed by atoms with Gasteiger partial charge in [-0.1, -0.05) is 25.4 Å². The maximum Gasteiger partial charge on any atom is 0.416 e. The molecular formula is C23H23ClF3N3O3. The van der Waals surface area contributed by atoms with Crippen molar-refractivity contribution in [1.29, 1.82) is 0 Å². The molecule has 0 unspecified atom stereocenters. The van der Waals surface area contributed by atoms with E-state index in [4.69, 9.17) is 11.6 Å². The number of anilines is 3. The Labute approximate surface area is 194 Å². The fraction of sp³-hybridized carbons (Fsp3) is 0.348. The molecule has 3 rings (SSSR count). The van der Waals surface area contributed by atoms with Crippen LogP contribution in [0.5, 0.6) is 0 Å². The van der Waals surface area contributed by atoms with Gasteiger partial charge in [-0.3, -0.25) is 19.3 Å². The van der Waals surface area contributed by atoms with Crippen molar-refractivity contribution in [3.05, 3.63) is 53.1 Å². The highest BCUT2D eigenvalue weighted by Gasteiger charge is 2.32. The average Bonchev–Trinajstić information content (AvgIpc) is 2.72. The number of nitrogens with one attached hydrogen (secondary N) is 2. The second-order valence-corrected chi connectivity index (χ2v) is 8.48. The van der Waals surface area contributed by atoms with Crippen LogP contribution >= 0.6 is 11.6 Å². The number of benzene rings is 2. The Morgan fingerprint density at radius 1 is 1.03 bits per heavy atom. The highest BCUT2D eigenvalue weighted by molar-refractivity contribution is 6.33. The van der Waals surface area contributed by atoms with Crippen LogP contribution in [0, 0.1) is 5.92 Å². The van der Waals surface area contributed by atoms with Gasteiger partial charge in [0.2, 0.25) is 17.7 Å². The zero-order valence-corrected chi connectivity index (χ0v) is 18.8. The lowest BCUT2D eigenvalue weighted by Crippen LogP contribution is -2.40. The number of nitrogens with zero attached hydrogens (tertiary/aromatic N) is 1. The molecule has 6 nitrogen and oxygen atoms in total. The molecule has 1 fully saturated rings. The summed E-state index contributed by atoms with van der Waals surface area (Å²) in [5, 5.41) is 5.50. The summed E-state index contributed by atoms with van der Waals surface area (Å²) < 4.78 is 38.6. The summed E-state index contributed by atoms with van der Waals surface area (Å²) in [6.45, 7) is 3.57. The Morgan fingerprint density at radius 2 is 1.64 bits per heavy atom. The predicted octanol–water partition coefficient (Wildman–Crippen LogP) is 5.48. The van der Waals surface area contributed by atoms with Gasteiger partial charge in [0, 0.05) is 18.5 Å². The number of amides is 3. The van der Waals surface area contributed by atoms with Gasteiger partial charge in [-0.25, -0.2) is 0 Å². The Morgan fingerprint density at radius 3 is 2.15 bits per heavy atom. The Balaban J connectivity index is 1.72. The van der Waals surface area contributed by atoms with Crippen LogP contribution in [0.15, 0.2) is 42.5 Å². The average molecular weight is 482 g/mol. The molecular weight excluding hydrogens is 459 g/mol. The predicted molar refractivity (Wildman–Crippen MR) is 120 cm³/mol. The van der Waals surface area contributed by atoms with Gasteiger partial charge in [0.15, 0.2) is 0 Å². The molecule has 33 heavy (non-hydrogen) atoms. The van der Waals surface area contributed by atoms with E-state index in [-0.39, 0.29) is 28.4 Å². The van der Waals surface area contributed by atoms with Gasteiger partial charge < -0.3 is 10.6 Å². The molecule has 2 aromatic rings. The number of carbonyl (C=O) groups is 3. The van der Waals surface area contributed by atoms with Crippen LogP contribution in [-0.2, 0) is 20.6 Å². The third-order valence-electron chi connectivity index (χ3n) is 5.23. The summed E-state index contributed by atoms with van der Waals surface area (Å²) in [5.74, 6) is -1.16. The highest BCUT2D eigenvalue weighted by atomic mass is 35.5. The third kappa shape index (κ3) is 5.84. The van der Waals surface area contributed by atoms with Crippen LogP contribution in [0.3, 0.4) is 0 Å². The van der Waals surface area contributed by atoms with E-state index in [1.54, 1.807) is 38.1 Å². The normalized spacial score (nSPS) is 15.5. The van der Waals surface area contributed by atoms with Gasteiger partial charge in [0.25, 0.3) is 0 Å². The van der Waals surface area contributed by atoms with Gasteiger partial charge >= 0.3 is 6.18 Å². The summed E-state index contributed by atoms with van der Waals surface area (Å²) in [6.07, 6.45) is -3.38. The third-order valence-corrected chi connectivity index (χ3v) is 5.54. The zero-order chi connectivity index (χ0) is 24.3. The number of imide groups is 1.